The van der Waals surface area contributed by atoms with Crippen molar-refractivity contribution in [1.29, 1.82) is 0 Å². The highest BCUT2D eigenvalue weighted by Crippen LogP contribution is 2.41. The fourth-order valence-electron chi connectivity index (χ4n) is 3.86. The largest absolute Gasteiger partial charge is 0.507 e. The average molecular weight is 424 g/mol. The maximum atomic E-state index is 13.0. The van der Waals surface area contributed by atoms with Crippen molar-refractivity contribution in [1.82, 2.24) is 9.80 Å². The zero-order chi connectivity index (χ0) is 22.5. The number of rotatable bonds is 8. The lowest BCUT2D eigenvalue weighted by atomic mass is 9.95. The number of ketones is 1. The smallest absolute Gasteiger partial charge is 0.295 e. The molecule has 164 valence electrons. The number of hydrogen-bond donors (Lipinski definition) is 2. The predicted octanol–water partition coefficient (Wildman–Crippen LogP) is 3.16. The third kappa shape index (κ3) is 4.41. The lowest BCUT2D eigenvalue weighted by Gasteiger charge is -2.28. The second-order valence-corrected chi connectivity index (χ2v) is 7.32. The number of hydrogen-bond acceptors (Lipinski definition) is 6. The van der Waals surface area contributed by atoms with Crippen molar-refractivity contribution in [3.05, 3.63) is 65.2 Å². The molecule has 2 N–H and O–H groups in total. The van der Waals surface area contributed by atoms with Crippen molar-refractivity contribution in [3.63, 3.8) is 0 Å². The minimum Gasteiger partial charge on any atom is -0.507 e. The zero-order valence-electron chi connectivity index (χ0n) is 18.0. The number of methoxy groups -OCH3 is 1. The van der Waals surface area contributed by atoms with Gasteiger partial charge in [-0.15, -0.1) is 0 Å². The van der Waals surface area contributed by atoms with Crippen LogP contribution in [0.15, 0.2) is 54.1 Å². The molecule has 7 nitrogen and oxygen atoms in total. The highest BCUT2D eigenvalue weighted by molar-refractivity contribution is 6.46. The molecule has 1 atom stereocenters. The molecule has 0 aliphatic carbocycles. The van der Waals surface area contributed by atoms with Crippen LogP contribution in [0.5, 0.6) is 11.5 Å². The fraction of sp³-hybridized carbons (Fsp3) is 0.333. The first-order valence-corrected chi connectivity index (χ1v) is 10.4. The van der Waals surface area contributed by atoms with Gasteiger partial charge < -0.3 is 24.7 Å². The van der Waals surface area contributed by atoms with E-state index < -0.39 is 17.7 Å². The van der Waals surface area contributed by atoms with Gasteiger partial charge in [-0.2, -0.15) is 0 Å². The second-order valence-electron chi connectivity index (χ2n) is 7.32. The lowest BCUT2D eigenvalue weighted by molar-refractivity contribution is -0.140. The van der Waals surface area contributed by atoms with Gasteiger partial charge in [-0.3, -0.25) is 9.59 Å². The molecule has 2 aromatic carbocycles. The summed E-state index contributed by atoms with van der Waals surface area (Å²) in [6.45, 7) is 6.64. The maximum Gasteiger partial charge on any atom is 0.295 e. The van der Waals surface area contributed by atoms with Crippen molar-refractivity contribution < 1.29 is 24.5 Å². The third-order valence-electron chi connectivity index (χ3n) is 5.66. The minimum absolute atomic E-state index is 0.0310. The number of ether oxygens (including phenoxy) is 1. The molecule has 1 saturated heterocycles. The molecule has 2 aromatic rings. The molecule has 31 heavy (non-hydrogen) atoms. The number of likely N-dealkylation sites (tertiary alicyclic amines) is 1. The van der Waals surface area contributed by atoms with Gasteiger partial charge in [-0.05, 0) is 30.8 Å². The summed E-state index contributed by atoms with van der Waals surface area (Å²) >= 11 is 0. The molecule has 1 fully saturated rings. The van der Waals surface area contributed by atoms with Crippen LogP contribution >= 0.6 is 0 Å². The number of nitrogens with zero attached hydrogens (tertiary/aromatic N) is 2. The minimum atomic E-state index is -0.787. The van der Waals surface area contributed by atoms with E-state index in [1.54, 1.807) is 36.4 Å². The summed E-state index contributed by atoms with van der Waals surface area (Å²) in [4.78, 5) is 29.6. The van der Waals surface area contributed by atoms with E-state index in [4.69, 9.17) is 4.74 Å². The van der Waals surface area contributed by atoms with Crippen LogP contribution in [0.25, 0.3) is 5.76 Å². The fourth-order valence-corrected chi connectivity index (χ4v) is 3.86. The van der Waals surface area contributed by atoms with Gasteiger partial charge in [0.15, 0.2) is 11.5 Å². The number of carbonyl (C=O) groups excluding carboxylic acids is 2. The van der Waals surface area contributed by atoms with E-state index >= 15 is 0 Å². The number of benzene rings is 2. The maximum absolute atomic E-state index is 13.0. The Morgan fingerprint density at radius 1 is 1.10 bits per heavy atom. The molecule has 7 heteroatoms. The van der Waals surface area contributed by atoms with Crippen LogP contribution in [0.4, 0.5) is 0 Å². The Bertz CT molecular complexity index is 983. The predicted molar refractivity (Wildman–Crippen MR) is 118 cm³/mol. The molecule has 0 saturated carbocycles. The lowest BCUT2D eigenvalue weighted by Crippen LogP contribution is -2.38. The zero-order valence-corrected chi connectivity index (χ0v) is 18.0. The number of phenolic OH excluding ortho intramolecular Hbond substituents is 1. The Morgan fingerprint density at radius 3 is 2.39 bits per heavy atom. The summed E-state index contributed by atoms with van der Waals surface area (Å²) in [5.74, 6) is -1.41. The standard InChI is InChI=1S/C24H28N2O5/c1-4-25(5-2)13-14-26-21(17-11-12-18(27)19(15-17)31-3)20(23(29)24(26)30)22(28)16-9-7-6-8-10-16/h6-12,15,21,27-28H,4-5,13-14H2,1-3H3/t21-/m0/s1. The molecule has 0 aromatic heterocycles. The van der Waals surface area contributed by atoms with E-state index in [1.807, 2.05) is 19.9 Å². The monoisotopic (exact) mass is 424 g/mol. The molecule has 1 aliphatic rings. The van der Waals surface area contributed by atoms with Gasteiger partial charge in [0.25, 0.3) is 11.7 Å². The van der Waals surface area contributed by atoms with Gasteiger partial charge >= 0.3 is 0 Å². The summed E-state index contributed by atoms with van der Waals surface area (Å²) in [5, 5.41) is 21.0. The number of aliphatic hydroxyl groups is 1. The van der Waals surface area contributed by atoms with E-state index in [0.29, 0.717) is 24.2 Å². The Labute approximate surface area is 182 Å². The number of carbonyl (C=O) groups is 2. The summed E-state index contributed by atoms with van der Waals surface area (Å²) < 4.78 is 5.22. The molecule has 3 rings (SSSR count). The van der Waals surface area contributed by atoms with Gasteiger partial charge in [-0.25, -0.2) is 0 Å². The second kappa shape index (κ2) is 9.66. The number of Topliss-reactive ketones (excluding diaryl/α,β-unsaturated/α-hetero) is 1. The Balaban J connectivity index is 2.13. The average Bonchev–Trinajstić information content (AvgIpc) is 3.05. The third-order valence-corrected chi connectivity index (χ3v) is 5.66. The topological polar surface area (TPSA) is 90.3 Å². The number of likely N-dealkylation sites (N-methyl/N-ethyl adjacent to an activating group) is 1. The van der Waals surface area contributed by atoms with Crippen molar-refractivity contribution >= 4 is 17.4 Å². The van der Waals surface area contributed by atoms with Crippen molar-refractivity contribution in [2.75, 3.05) is 33.3 Å². The molecular weight excluding hydrogens is 396 g/mol. The van der Waals surface area contributed by atoms with Crippen LogP contribution in [0, 0.1) is 0 Å². The highest BCUT2D eigenvalue weighted by Gasteiger charge is 2.46. The summed E-state index contributed by atoms with van der Waals surface area (Å²) in [5.41, 5.74) is 1.06. The van der Waals surface area contributed by atoms with Crippen LogP contribution in [0.1, 0.15) is 31.0 Å². The van der Waals surface area contributed by atoms with Crippen LogP contribution < -0.4 is 4.74 Å². The van der Waals surface area contributed by atoms with Gasteiger partial charge in [0, 0.05) is 18.7 Å². The molecule has 0 bridgehead atoms. The van der Waals surface area contributed by atoms with E-state index in [-0.39, 0.29) is 22.8 Å². The molecule has 0 radical (unpaired) electrons. The Hall–Kier alpha value is -3.32. The SMILES string of the molecule is CCN(CC)CCN1C(=O)C(=O)C(=C(O)c2ccccc2)[C@@H]1c1ccc(O)c(OC)c1. The van der Waals surface area contributed by atoms with E-state index in [1.165, 1.54) is 18.1 Å². The number of phenols is 1. The van der Waals surface area contributed by atoms with Crippen LogP contribution in [0.2, 0.25) is 0 Å². The van der Waals surface area contributed by atoms with Crippen LogP contribution in [-0.4, -0.2) is 65.0 Å². The molecule has 0 unspecified atom stereocenters. The molecule has 1 amide bonds. The van der Waals surface area contributed by atoms with Gasteiger partial charge in [0.1, 0.15) is 5.76 Å². The quantitative estimate of drug-likeness (QED) is 0.384. The van der Waals surface area contributed by atoms with Crippen LogP contribution in [-0.2, 0) is 9.59 Å². The highest BCUT2D eigenvalue weighted by atomic mass is 16.5. The number of aromatic hydroxyl groups is 1. The van der Waals surface area contributed by atoms with Gasteiger partial charge in [0.05, 0.1) is 18.7 Å². The van der Waals surface area contributed by atoms with Gasteiger partial charge in [0.2, 0.25) is 0 Å². The molecule has 1 heterocycles. The van der Waals surface area contributed by atoms with Crippen molar-refractivity contribution in [3.8, 4) is 11.5 Å². The van der Waals surface area contributed by atoms with Crippen LogP contribution in [0.3, 0.4) is 0 Å². The number of amides is 1. The number of aliphatic hydroxyl groups excluding tert-OH is 1. The normalized spacial score (nSPS) is 18.1. The summed E-state index contributed by atoms with van der Waals surface area (Å²) in [6.07, 6.45) is 0. The Kier molecular flexibility index (Phi) is 6.97. The summed E-state index contributed by atoms with van der Waals surface area (Å²) in [6, 6.07) is 12.6. The van der Waals surface area contributed by atoms with E-state index in [9.17, 15) is 19.8 Å². The molecular formula is C24H28N2O5. The summed E-state index contributed by atoms with van der Waals surface area (Å²) in [7, 11) is 1.43. The van der Waals surface area contributed by atoms with E-state index in [0.717, 1.165) is 13.1 Å². The van der Waals surface area contributed by atoms with Crippen molar-refractivity contribution in [2.45, 2.75) is 19.9 Å². The van der Waals surface area contributed by atoms with Gasteiger partial charge in [-0.1, -0.05) is 50.2 Å². The first-order chi connectivity index (χ1) is 14.9. The first-order valence-electron chi connectivity index (χ1n) is 10.4. The molecule has 0 spiro atoms. The molecule has 1 aliphatic heterocycles. The van der Waals surface area contributed by atoms with Crippen molar-refractivity contribution in [2.24, 2.45) is 0 Å². The van der Waals surface area contributed by atoms with E-state index in [2.05, 4.69) is 4.90 Å². The first kappa shape index (κ1) is 22.4. The Morgan fingerprint density at radius 2 is 1.77 bits per heavy atom.